The van der Waals surface area contributed by atoms with Crippen LogP contribution in [0.25, 0.3) is 61.3 Å². The number of rotatable bonds is 4. The summed E-state index contributed by atoms with van der Waals surface area (Å²) in [6, 6.07) is 58.1. The first kappa shape index (κ1) is 29.7. The average Bonchev–Trinajstić information content (AvgIpc) is 3.51. The van der Waals surface area contributed by atoms with Gasteiger partial charge in [-0.2, -0.15) is 0 Å². The molecule has 1 aromatic heterocycles. The molecule has 1 aliphatic carbocycles. The minimum absolute atomic E-state index is 0.587. The standard InChI is InChI=1S/C47H28N4O/c1-48-35-25-22-30(23-26-35)32-14-11-15-33(28-32)45-49-44(31-12-3-2-4-13-31)50-46(51-45)34-24-27-37-36-16-5-6-17-38(36)47(41(37)29-34)39-18-7-9-20-42(39)52-43-21-10-8-19-40(43)47/h2-29H. The molecular formula is C47H28N4O. The predicted molar refractivity (Wildman–Crippen MR) is 205 cm³/mol. The van der Waals surface area contributed by atoms with Crippen LogP contribution in [0.5, 0.6) is 11.5 Å². The summed E-state index contributed by atoms with van der Waals surface area (Å²) in [5.41, 5.74) is 11.8. The smallest absolute Gasteiger partial charge is 0.187 e. The molecule has 8 aromatic rings. The van der Waals surface area contributed by atoms with Crippen molar-refractivity contribution in [2.75, 3.05) is 0 Å². The van der Waals surface area contributed by atoms with Gasteiger partial charge in [0.15, 0.2) is 23.2 Å². The maximum absolute atomic E-state index is 7.34. The van der Waals surface area contributed by atoms with Crippen molar-refractivity contribution in [3.05, 3.63) is 204 Å². The fourth-order valence-electron chi connectivity index (χ4n) is 7.91. The Labute approximate surface area is 301 Å². The molecule has 0 saturated heterocycles. The molecule has 1 aliphatic heterocycles. The van der Waals surface area contributed by atoms with Crippen molar-refractivity contribution in [3.8, 4) is 67.9 Å². The highest BCUT2D eigenvalue weighted by Gasteiger charge is 2.51. The number of hydrogen-bond donors (Lipinski definition) is 0. The first-order chi connectivity index (χ1) is 25.7. The molecule has 1 spiro atoms. The quantitative estimate of drug-likeness (QED) is 0.176. The first-order valence-corrected chi connectivity index (χ1v) is 17.2. The minimum atomic E-state index is -0.595. The predicted octanol–water partition coefficient (Wildman–Crippen LogP) is 11.6. The lowest BCUT2D eigenvalue weighted by atomic mass is 9.66. The van der Waals surface area contributed by atoms with Gasteiger partial charge in [-0.1, -0.05) is 146 Å². The van der Waals surface area contributed by atoms with Crippen LogP contribution in [0.2, 0.25) is 0 Å². The fourth-order valence-corrected chi connectivity index (χ4v) is 7.91. The summed E-state index contributed by atoms with van der Waals surface area (Å²) >= 11 is 0. The molecule has 2 heterocycles. The molecule has 242 valence electrons. The summed E-state index contributed by atoms with van der Waals surface area (Å²) in [5, 5.41) is 0. The van der Waals surface area contributed by atoms with Crippen LogP contribution in [-0.4, -0.2) is 15.0 Å². The zero-order valence-corrected chi connectivity index (χ0v) is 27.9. The molecule has 0 saturated carbocycles. The first-order valence-electron chi connectivity index (χ1n) is 17.2. The van der Waals surface area contributed by atoms with Crippen LogP contribution in [-0.2, 0) is 5.41 Å². The van der Waals surface area contributed by atoms with Crippen molar-refractivity contribution >= 4 is 5.69 Å². The maximum atomic E-state index is 7.34. The Balaban J connectivity index is 1.19. The lowest BCUT2D eigenvalue weighted by Crippen LogP contribution is -2.32. The Hall–Kier alpha value is -7.16. The summed E-state index contributed by atoms with van der Waals surface area (Å²) < 4.78 is 6.55. The highest BCUT2D eigenvalue weighted by atomic mass is 16.5. The SMILES string of the molecule is [C-]#[N+]c1ccc(-c2cccc(-c3nc(-c4ccccc4)nc(-c4ccc5c(c4)C4(c6ccccc6Oc6ccccc64)c4ccccc4-5)n3)c2)cc1. The number of benzene rings is 7. The number of ether oxygens (including phenoxy) is 1. The molecule has 0 atom stereocenters. The van der Waals surface area contributed by atoms with Gasteiger partial charge in [0.1, 0.15) is 11.5 Å². The van der Waals surface area contributed by atoms with Gasteiger partial charge in [-0.15, -0.1) is 0 Å². The highest BCUT2D eigenvalue weighted by Crippen LogP contribution is 2.62. The van der Waals surface area contributed by atoms with Gasteiger partial charge in [0.2, 0.25) is 0 Å². The highest BCUT2D eigenvalue weighted by molar-refractivity contribution is 5.90. The Kier molecular flexibility index (Phi) is 6.70. The number of aromatic nitrogens is 3. The van der Waals surface area contributed by atoms with Crippen LogP contribution in [0, 0.1) is 6.57 Å². The van der Waals surface area contributed by atoms with Crippen molar-refractivity contribution in [2.45, 2.75) is 5.41 Å². The van der Waals surface area contributed by atoms with Crippen molar-refractivity contribution in [3.63, 3.8) is 0 Å². The number of fused-ring (bicyclic) bond motifs is 9. The molecule has 5 nitrogen and oxygen atoms in total. The molecule has 0 fully saturated rings. The van der Waals surface area contributed by atoms with Crippen LogP contribution in [0.3, 0.4) is 0 Å². The molecule has 0 bridgehead atoms. The number of nitrogens with zero attached hydrogens (tertiary/aromatic N) is 4. The monoisotopic (exact) mass is 664 g/mol. The topological polar surface area (TPSA) is 52.3 Å². The van der Waals surface area contributed by atoms with Crippen molar-refractivity contribution in [1.29, 1.82) is 0 Å². The van der Waals surface area contributed by atoms with Crippen LogP contribution >= 0.6 is 0 Å². The van der Waals surface area contributed by atoms with E-state index in [0.29, 0.717) is 23.2 Å². The number of hydrogen-bond acceptors (Lipinski definition) is 4. The fraction of sp³-hybridized carbons (Fsp3) is 0.0213. The van der Waals surface area contributed by atoms with Crippen LogP contribution in [0.15, 0.2) is 170 Å². The molecule has 5 heteroatoms. The van der Waals surface area contributed by atoms with Gasteiger partial charge in [-0.25, -0.2) is 19.8 Å². The third-order valence-corrected chi connectivity index (χ3v) is 10.2. The normalized spacial score (nSPS) is 12.9. The molecule has 0 amide bonds. The van der Waals surface area contributed by atoms with E-state index in [1.807, 2.05) is 78.9 Å². The van der Waals surface area contributed by atoms with E-state index < -0.39 is 5.41 Å². The second-order valence-corrected chi connectivity index (χ2v) is 13.1. The van der Waals surface area contributed by atoms with E-state index in [9.17, 15) is 0 Å². The Morgan fingerprint density at radius 2 is 0.923 bits per heavy atom. The molecule has 0 radical (unpaired) electrons. The van der Waals surface area contributed by atoms with Gasteiger partial charge in [0.05, 0.1) is 12.0 Å². The third kappa shape index (κ3) is 4.52. The maximum Gasteiger partial charge on any atom is 0.187 e. The number of para-hydroxylation sites is 2. The van der Waals surface area contributed by atoms with E-state index in [-0.39, 0.29) is 0 Å². The van der Waals surface area contributed by atoms with Crippen LogP contribution in [0.4, 0.5) is 5.69 Å². The summed E-state index contributed by atoms with van der Waals surface area (Å²) in [6.45, 7) is 7.34. The molecule has 52 heavy (non-hydrogen) atoms. The van der Waals surface area contributed by atoms with Gasteiger partial charge in [-0.05, 0) is 57.6 Å². The van der Waals surface area contributed by atoms with E-state index in [1.54, 1.807) is 0 Å². The van der Waals surface area contributed by atoms with E-state index in [4.69, 9.17) is 26.3 Å². The van der Waals surface area contributed by atoms with Gasteiger partial charge in [-0.3, -0.25) is 0 Å². The molecule has 10 rings (SSSR count). The molecule has 2 aliphatic rings. The average molecular weight is 665 g/mol. The summed E-state index contributed by atoms with van der Waals surface area (Å²) in [6.07, 6.45) is 0. The van der Waals surface area contributed by atoms with Crippen molar-refractivity contribution in [2.24, 2.45) is 0 Å². The molecule has 7 aromatic carbocycles. The Morgan fingerprint density at radius 1 is 0.404 bits per heavy atom. The molecule has 0 N–H and O–H groups in total. The summed E-state index contributed by atoms with van der Waals surface area (Å²) in [7, 11) is 0. The second-order valence-electron chi connectivity index (χ2n) is 13.1. The van der Waals surface area contributed by atoms with E-state index >= 15 is 0 Å². The lowest BCUT2D eigenvalue weighted by molar-refractivity contribution is 0.436. The molecular weight excluding hydrogens is 637 g/mol. The van der Waals surface area contributed by atoms with E-state index in [0.717, 1.165) is 50.4 Å². The minimum Gasteiger partial charge on any atom is -0.457 e. The van der Waals surface area contributed by atoms with Gasteiger partial charge in [0.25, 0.3) is 0 Å². The van der Waals surface area contributed by atoms with Gasteiger partial charge in [0, 0.05) is 27.8 Å². The van der Waals surface area contributed by atoms with Crippen molar-refractivity contribution < 1.29 is 4.74 Å². The van der Waals surface area contributed by atoms with Crippen LogP contribution < -0.4 is 4.74 Å². The van der Waals surface area contributed by atoms with Gasteiger partial charge >= 0.3 is 0 Å². The van der Waals surface area contributed by atoms with E-state index in [1.165, 1.54) is 22.3 Å². The lowest BCUT2D eigenvalue weighted by Gasteiger charge is -2.39. The Morgan fingerprint density at radius 3 is 1.62 bits per heavy atom. The zero-order chi connectivity index (χ0) is 34.6. The molecule has 0 unspecified atom stereocenters. The van der Waals surface area contributed by atoms with Crippen LogP contribution in [0.1, 0.15) is 22.3 Å². The third-order valence-electron chi connectivity index (χ3n) is 10.2. The summed E-state index contributed by atoms with van der Waals surface area (Å²) in [4.78, 5) is 18.9. The van der Waals surface area contributed by atoms with E-state index in [2.05, 4.69) is 95.8 Å². The Bertz CT molecular complexity index is 2680. The largest absolute Gasteiger partial charge is 0.457 e. The zero-order valence-electron chi connectivity index (χ0n) is 27.9. The second kappa shape index (κ2) is 11.7. The van der Waals surface area contributed by atoms with Gasteiger partial charge < -0.3 is 4.74 Å². The summed E-state index contributed by atoms with van der Waals surface area (Å²) in [5.74, 6) is 3.49. The van der Waals surface area contributed by atoms with Crippen molar-refractivity contribution in [1.82, 2.24) is 15.0 Å².